The van der Waals surface area contributed by atoms with E-state index < -0.39 is 0 Å². The van der Waals surface area contributed by atoms with Gasteiger partial charge in [-0.15, -0.1) is 0 Å². The molecule has 18 heavy (non-hydrogen) atoms. The molecule has 1 atom stereocenters. The van der Waals surface area contributed by atoms with Crippen LogP contribution in [0.2, 0.25) is 0 Å². The summed E-state index contributed by atoms with van der Waals surface area (Å²) in [5.74, 6) is 0. The highest BCUT2D eigenvalue weighted by molar-refractivity contribution is 5.16. The maximum Gasteiger partial charge on any atom is 0.0371 e. The molecular formula is C17H23N. The van der Waals surface area contributed by atoms with Crippen LogP contribution in [0.1, 0.15) is 44.2 Å². The van der Waals surface area contributed by atoms with E-state index in [1.807, 2.05) is 0 Å². The van der Waals surface area contributed by atoms with Crippen molar-refractivity contribution < 1.29 is 0 Å². The van der Waals surface area contributed by atoms with Crippen LogP contribution >= 0.6 is 0 Å². The lowest BCUT2D eigenvalue weighted by molar-refractivity contribution is 0.442. The summed E-state index contributed by atoms with van der Waals surface area (Å²) in [7, 11) is 0. The molecule has 0 spiro atoms. The molecule has 1 aromatic heterocycles. The van der Waals surface area contributed by atoms with Crippen molar-refractivity contribution in [2.45, 2.75) is 45.1 Å². The number of rotatable bonds is 7. The molecule has 1 nitrogen and oxygen atoms in total. The van der Waals surface area contributed by atoms with Gasteiger partial charge in [-0.3, -0.25) is 0 Å². The summed E-state index contributed by atoms with van der Waals surface area (Å²) in [6, 6.07) is 15.7. The molecule has 1 unspecified atom stereocenters. The van der Waals surface area contributed by atoms with Crippen molar-refractivity contribution in [1.82, 2.24) is 4.57 Å². The molecule has 2 rings (SSSR count). The average Bonchev–Trinajstić information content (AvgIpc) is 2.93. The number of unbranched alkanes of at least 4 members (excludes halogenated alkanes) is 2. The Balaban J connectivity index is 2.01. The van der Waals surface area contributed by atoms with E-state index in [0.29, 0.717) is 6.04 Å². The molecule has 0 saturated carbocycles. The van der Waals surface area contributed by atoms with Gasteiger partial charge in [-0.2, -0.15) is 0 Å². The van der Waals surface area contributed by atoms with Gasteiger partial charge in [-0.25, -0.2) is 0 Å². The first-order valence-corrected chi connectivity index (χ1v) is 7.06. The summed E-state index contributed by atoms with van der Waals surface area (Å²) in [4.78, 5) is 0. The fourth-order valence-electron chi connectivity index (χ4n) is 2.46. The Morgan fingerprint density at radius 3 is 2.33 bits per heavy atom. The van der Waals surface area contributed by atoms with Crippen molar-refractivity contribution in [3.05, 3.63) is 60.4 Å². The maximum atomic E-state index is 2.36. The second-order valence-electron chi connectivity index (χ2n) is 4.97. The smallest absolute Gasteiger partial charge is 0.0371 e. The van der Waals surface area contributed by atoms with Crippen molar-refractivity contribution in [3.63, 3.8) is 0 Å². The van der Waals surface area contributed by atoms with Crippen LogP contribution in [0.4, 0.5) is 0 Å². The summed E-state index contributed by atoms with van der Waals surface area (Å²) in [6.45, 7) is 2.27. The Morgan fingerprint density at radius 1 is 0.944 bits per heavy atom. The Bertz CT molecular complexity index is 416. The number of hydrogen-bond donors (Lipinski definition) is 0. The standard InChI is InChI=1S/C17H23N/c1-2-3-5-12-17(18-13-8-9-14-18)15-16-10-6-4-7-11-16/h4,6-11,13-14,17H,2-3,5,12,15H2,1H3. The summed E-state index contributed by atoms with van der Waals surface area (Å²) >= 11 is 0. The molecular weight excluding hydrogens is 218 g/mol. The van der Waals surface area contributed by atoms with E-state index in [0.717, 1.165) is 6.42 Å². The van der Waals surface area contributed by atoms with E-state index >= 15 is 0 Å². The third-order valence-corrected chi connectivity index (χ3v) is 3.50. The minimum Gasteiger partial charge on any atom is -0.351 e. The topological polar surface area (TPSA) is 4.93 Å². The summed E-state index contributed by atoms with van der Waals surface area (Å²) < 4.78 is 2.36. The van der Waals surface area contributed by atoms with Gasteiger partial charge in [0, 0.05) is 18.4 Å². The molecule has 0 amide bonds. The van der Waals surface area contributed by atoms with Gasteiger partial charge in [0.15, 0.2) is 0 Å². The highest BCUT2D eigenvalue weighted by Gasteiger charge is 2.10. The molecule has 0 radical (unpaired) electrons. The van der Waals surface area contributed by atoms with Crippen LogP contribution in [0, 0.1) is 0 Å². The lowest BCUT2D eigenvalue weighted by Crippen LogP contribution is -2.10. The van der Waals surface area contributed by atoms with Gasteiger partial charge in [0.1, 0.15) is 0 Å². The molecule has 0 saturated heterocycles. The van der Waals surface area contributed by atoms with Crippen molar-refractivity contribution in [2.24, 2.45) is 0 Å². The van der Waals surface area contributed by atoms with E-state index in [4.69, 9.17) is 0 Å². The van der Waals surface area contributed by atoms with Gasteiger partial charge < -0.3 is 4.57 Å². The average molecular weight is 241 g/mol. The number of aromatic nitrogens is 1. The number of nitrogens with zero attached hydrogens (tertiary/aromatic N) is 1. The Hall–Kier alpha value is -1.50. The highest BCUT2D eigenvalue weighted by Crippen LogP contribution is 2.21. The summed E-state index contributed by atoms with van der Waals surface area (Å²) in [5.41, 5.74) is 1.44. The van der Waals surface area contributed by atoms with E-state index in [-0.39, 0.29) is 0 Å². The van der Waals surface area contributed by atoms with Gasteiger partial charge >= 0.3 is 0 Å². The third kappa shape index (κ3) is 3.76. The molecule has 96 valence electrons. The zero-order valence-electron chi connectivity index (χ0n) is 11.3. The van der Waals surface area contributed by atoms with Crippen molar-refractivity contribution >= 4 is 0 Å². The largest absolute Gasteiger partial charge is 0.351 e. The second-order valence-corrected chi connectivity index (χ2v) is 4.97. The number of benzene rings is 1. The van der Waals surface area contributed by atoms with Crippen molar-refractivity contribution in [2.75, 3.05) is 0 Å². The minimum atomic E-state index is 0.606. The van der Waals surface area contributed by atoms with Crippen LogP contribution < -0.4 is 0 Å². The van der Waals surface area contributed by atoms with Gasteiger partial charge in [0.2, 0.25) is 0 Å². The molecule has 2 aromatic rings. The number of hydrogen-bond acceptors (Lipinski definition) is 0. The normalized spacial score (nSPS) is 12.5. The molecule has 0 aliphatic carbocycles. The fraction of sp³-hybridized carbons (Fsp3) is 0.412. The maximum absolute atomic E-state index is 2.36. The van der Waals surface area contributed by atoms with Crippen LogP contribution in [0.3, 0.4) is 0 Å². The van der Waals surface area contributed by atoms with Gasteiger partial charge in [0.25, 0.3) is 0 Å². The fourth-order valence-corrected chi connectivity index (χ4v) is 2.46. The van der Waals surface area contributed by atoms with Gasteiger partial charge in [0.05, 0.1) is 0 Å². The molecule has 0 aliphatic heterocycles. The molecule has 1 heterocycles. The summed E-state index contributed by atoms with van der Waals surface area (Å²) in [5, 5.41) is 0. The van der Waals surface area contributed by atoms with Crippen LogP contribution in [0.25, 0.3) is 0 Å². The first-order valence-electron chi connectivity index (χ1n) is 7.06. The highest BCUT2D eigenvalue weighted by atomic mass is 15.0. The van der Waals surface area contributed by atoms with Crippen LogP contribution in [-0.2, 0) is 6.42 Å². The predicted molar refractivity (Wildman–Crippen MR) is 77.8 cm³/mol. The molecule has 1 heteroatoms. The van der Waals surface area contributed by atoms with E-state index in [1.54, 1.807) is 0 Å². The SMILES string of the molecule is CCCCCC(Cc1ccccc1)n1cccc1. The molecule has 1 aromatic carbocycles. The zero-order chi connectivity index (χ0) is 12.6. The third-order valence-electron chi connectivity index (χ3n) is 3.50. The van der Waals surface area contributed by atoms with E-state index in [9.17, 15) is 0 Å². The summed E-state index contributed by atoms with van der Waals surface area (Å²) in [6.07, 6.45) is 10.8. The van der Waals surface area contributed by atoms with Gasteiger partial charge in [-0.1, -0.05) is 56.5 Å². The zero-order valence-corrected chi connectivity index (χ0v) is 11.3. The Labute approximate surface area is 110 Å². The predicted octanol–water partition coefficient (Wildman–Crippen LogP) is 4.85. The minimum absolute atomic E-state index is 0.606. The van der Waals surface area contributed by atoms with Crippen LogP contribution in [0.15, 0.2) is 54.9 Å². The molecule has 0 N–H and O–H groups in total. The quantitative estimate of drug-likeness (QED) is 0.610. The monoisotopic (exact) mass is 241 g/mol. The molecule has 0 aliphatic rings. The molecule has 0 bridgehead atoms. The second kappa shape index (κ2) is 7.05. The first kappa shape index (κ1) is 12.9. The first-order chi connectivity index (χ1) is 8.90. The van der Waals surface area contributed by atoms with E-state index in [2.05, 4.69) is 66.3 Å². The Kier molecular flexibility index (Phi) is 5.07. The van der Waals surface area contributed by atoms with Crippen molar-refractivity contribution in [3.8, 4) is 0 Å². The molecule has 0 fully saturated rings. The van der Waals surface area contributed by atoms with Crippen LogP contribution in [0.5, 0.6) is 0 Å². The lowest BCUT2D eigenvalue weighted by atomic mass is 10.0. The van der Waals surface area contributed by atoms with Gasteiger partial charge in [-0.05, 0) is 30.5 Å². The van der Waals surface area contributed by atoms with Crippen LogP contribution in [-0.4, -0.2) is 4.57 Å². The Morgan fingerprint density at radius 2 is 1.67 bits per heavy atom. The lowest BCUT2D eigenvalue weighted by Gasteiger charge is -2.19. The van der Waals surface area contributed by atoms with E-state index in [1.165, 1.54) is 31.2 Å². The van der Waals surface area contributed by atoms with Crippen molar-refractivity contribution in [1.29, 1.82) is 0 Å².